The standard InChI is InChI=1S/C9H8ClFO/c1-9(10,11)8(12)7-5-3-2-4-6-7/h2-6H,1H3. The lowest BCUT2D eigenvalue weighted by Gasteiger charge is -2.09. The molecule has 1 nitrogen and oxygen atoms in total. The van der Waals surface area contributed by atoms with Gasteiger partial charge in [-0.05, 0) is 6.92 Å². The molecular weight excluding hydrogens is 179 g/mol. The molecule has 0 N–H and O–H groups in total. The molecule has 0 saturated heterocycles. The van der Waals surface area contributed by atoms with Crippen LogP contribution in [0.2, 0.25) is 0 Å². The number of ketones is 1. The van der Waals surface area contributed by atoms with Gasteiger partial charge >= 0.3 is 0 Å². The summed E-state index contributed by atoms with van der Waals surface area (Å²) in [5, 5.41) is -2.30. The Morgan fingerprint density at radius 1 is 1.42 bits per heavy atom. The van der Waals surface area contributed by atoms with Crippen LogP contribution in [-0.4, -0.2) is 10.9 Å². The topological polar surface area (TPSA) is 17.1 Å². The van der Waals surface area contributed by atoms with Crippen LogP contribution in [0, 0.1) is 0 Å². The van der Waals surface area contributed by atoms with Gasteiger partial charge in [-0.25, -0.2) is 4.39 Å². The molecule has 0 saturated carbocycles. The molecule has 1 unspecified atom stereocenters. The van der Waals surface area contributed by atoms with E-state index in [1.54, 1.807) is 18.2 Å². The van der Waals surface area contributed by atoms with Crippen LogP contribution >= 0.6 is 11.6 Å². The maximum atomic E-state index is 12.9. The van der Waals surface area contributed by atoms with Crippen molar-refractivity contribution in [3.63, 3.8) is 0 Å². The molecule has 0 spiro atoms. The van der Waals surface area contributed by atoms with Gasteiger partial charge in [0.1, 0.15) is 0 Å². The Kier molecular flexibility index (Phi) is 2.48. The Morgan fingerprint density at radius 2 is 1.92 bits per heavy atom. The van der Waals surface area contributed by atoms with Crippen molar-refractivity contribution in [2.45, 2.75) is 12.1 Å². The minimum absolute atomic E-state index is 0.289. The largest absolute Gasteiger partial charge is 0.289 e. The second kappa shape index (κ2) is 3.23. The summed E-state index contributed by atoms with van der Waals surface area (Å²) >= 11 is 5.20. The van der Waals surface area contributed by atoms with Gasteiger partial charge in [-0.2, -0.15) is 0 Å². The molecule has 1 rings (SSSR count). The molecule has 0 fully saturated rings. The van der Waals surface area contributed by atoms with Crippen LogP contribution < -0.4 is 0 Å². The van der Waals surface area contributed by atoms with Gasteiger partial charge in [0.05, 0.1) is 0 Å². The monoisotopic (exact) mass is 186 g/mol. The zero-order chi connectivity index (χ0) is 9.19. The third kappa shape index (κ3) is 2.05. The summed E-state index contributed by atoms with van der Waals surface area (Å²) in [7, 11) is 0. The van der Waals surface area contributed by atoms with Gasteiger partial charge in [-0.15, -0.1) is 0 Å². The normalized spacial score (nSPS) is 15.2. The highest BCUT2D eigenvalue weighted by Gasteiger charge is 2.30. The molecule has 12 heavy (non-hydrogen) atoms. The number of hydrogen-bond donors (Lipinski definition) is 0. The van der Waals surface area contributed by atoms with Crippen LogP contribution in [0.25, 0.3) is 0 Å². The average Bonchev–Trinajstić information content (AvgIpc) is 2.03. The van der Waals surface area contributed by atoms with Gasteiger partial charge in [-0.3, -0.25) is 4.79 Å². The summed E-state index contributed by atoms with van der Waals surface area (Å²) in [6.45, 7) is 1.03. The second-order valence-corrected chi connectivity index (χ2v) is 3.29. The fraction of sp³-hybridized carbons (Fsp3) is 0.222. The van der Waals surface area contributed by atoms with E-state index in [9.17, 15) is 9.18 Å². The lowest BCUT2D eigenvalue weighted by molar-refractivity contribution is 0.0850. The molecule has 0 amide bonds. The first kappa shape index (κ1) is 9.20. The van der Waals surface area contributed by atoms with E-state index in [1.807, 2.05) is 0 Å². The minimum Gasteiger partial charge on any atom is -0.289 e. The van der Waals surface area contributed by atoms with Gasteiger partial charge in [0.15, 0.2) is 0 Å². The highest BCUT2D eigenvalue weighted by atomic mass is 35.5. The van der Waals surface area contributed by atoms with E-state index in [2.05, 4.69) is 0 Å². The van der Waals surface area contributed by atoms with E-state index in [-0.39, 0.29) is 5.56 Å². The Morgan fingerprint density at radius 3 is 2.33 bits per heavy atom. The van der Waals surface area contributed by atoms with Crippen molar-refractivity contribution in [2.24, 2.45) is 0 Å². The molecule has 0 bridgehead atoms. The van der Waals surface area contributed by atoms with Gasteiger partial charge in [0, 0.05) is 5.56 Å². The van der Waals surface area contributed by atoms with E-state index in [0.717, 1.165) is 6.92 Å². The first-order valence-corrected chi connectivity index (χ1v) is 3.87. The predicted octanol–water partition coefficient (Wildman–Crippen LogP) is 2.79. The number of rotatable bonds is 2. The fourth-order valence-corrected chi connectivity index (χ4v) is 0.952. The van der Waals surface area contributed by atoms with Crippen molar-refractivity contribution in [1.82, 2.24) is 0 Å². The van der Waals surface area contributed by atoms with Gasteiger partial charge < -0.3 is 0 Å². The maximum absolute atomic E-state index is 12.9. The third-order valence-corrected chi connectivity index (χ3v) is 1.61. The van der Waals surface area contributed by atoms with Crippen LogP contribution in [0.1, 0.15) is 17.3 Å². The second-order valence-electron chi connectivity index (χ2n) is 2.58. The van der Waals surface area contributed by atoms with Crippen molar-refractivity contribution < 1.29 is 9.18 Å². The SMILES string of the molecule is CC(F)(Cl)C(=O)c1ccccc1. The van der Waals surface area contributed by atoms with Crippen LogP contribution in [0.15, 0.2) is 30.3 Å². The average molecular weight is 187 g/mol. The number of carbonyl (C=O) groups is 1. The van der Waals surface area contributed by atoms with E-state index in [1.165, 1.54) is 12.1 Å². The number of carbonyl (C=O) groups excluding carboxylic acids is 1. The van der Waals surface area contributed by atoms with E-state index in [4.69, 9.17) is 11.6 Å². The molecule has 1 aromatic carbocycles. The maximum Gasteiger partial charge on any atom is 0.243 e. The van der Waals surface area contributed by atoms with Crippen molar-refractivity contribution in [1.29, 1.82) is 0 Å². The predicted molar refractivity (Wildman–Crippen MR) is 46.1 cm³/mol. The summed E-state index contributed by atoms with van der Waals surface area (Å²) < 4.78 is 12.9. The number of Topliss-reactive ketones (excluding diaryl/α,β-unsaturated/α-hetero) is 1. The smallest absolute Gasteiger partial charge is 0.243 e. The molecule has 0 aliphatic rings. The van der Waals surface area contributed by atoms with Crippen LogP contribution in [0.3, 0.4) is 0 Å². The lowest BCUT2D eigenvalue weighted by Crippen LogP contribution is -2.22. The fourth-order valence-electron chi connectivity index (χ4n) is 0.843. The molecule has 0 heterocycles. The third-order valence-electron chi connectivity index (χ3n) is 1.43. The van der Waals surface area contributed by atoms with Crippen LogP contribution in [0.5, 0.6) is 0 Å². The Hall–Kier alpha value is -0.890. The molecule has 0 aliphatic heterocycles. The van der Waals surface area contributed by atoms with Crippen molar-refractivity contribution in [3.8, 4) is 0 Å². The van der Waals surface area contributed by atoms with Crippen LogP contribution in [-0.2, 0) is 0 Å². The number of halogens is 2. The van der Waals surface area contributed by atoms with Gasteiger partial charge in [0.25, 0.3) is 0 Å². The first-order valence-electron chi connectivity index (χ1n) is 3.49. The Bertz CT molecular complexity index is 276. The highest BCUT2D eigenvalue weighted by Crippen LogP contribution is 2.21. The molecule has 64 valence electrons. The quantitative estimate of drug-likeness (QED) is 0.513. The zero-order valence-electron chi connectivity index (χ0n) is 6.55. The van der Waals surface area contributed by atoms with E-state index in [0.29, 0.717) is 0 Å². The summed E-state index contributed by atoms with van der Waals surface area (Å²) in [5.41, 5.74) is 0.289. The lowest BCUT2D eigenvalue weighted by atomic mass is 10.1. The van der Waals surface area contributed by atoms with Crippen molar-refractivity contribution in [3.05, 3.63) is 35.9 Å². The molecule has 3 heteroatoms. The molecule has 1 aromatic rings. The molecule has 0 aliphatic carbocycles. The molecule has 0 radical (unpaired) electrons. The summed E-state index contributed by atoms with van der Waals surface area (Å²) in [4.78, 5) is 11.2. The number of hydrogen-bond acceptors (Lipinski definition) is 1. The van der Waals surface area contributed by atoms with Gasteiger partial charge in [-0.1, -0.05) is 41.9 Å². The summed E-state index contributed by atoms with van der Waals surface area (Å²) in [6, 6.07) is 8.14. The number of benzene rings is 1. The van der Waals surface area contributed by atoms with Crippen molar-refractivity contribution >= 4 is 17.4 Å². The Labute approximate surface area is 75.2 Å². The zero-order valence-corrected chi connectivity index (χ0v) is 7.31. The summed E-state index contributed by atoms with van der Waals surface area (Å²) in [5.74, 6) is -0.704. The molecule has 0 aromatic heterocycles. The molecular formula is C9H8ClFO. The highest BCUT2D eigenvalue weighted by molar-refractivity contribution is 6.36. The van der Waals surface area contributed by atoms with E-state index < -0.39 is 10.9 Å². The van der Waals surface area contributed by atoms with Crippen molar-refractivity contribution in [2.75, 3.05) is 0 Å². The molecule has 1 atom stereocenters. The number of alkyl halides is 2. The first-order chi connectivity index (χ1) is 5.52. The van der Waals surface area contributed by atoms with E-state index >= 15 is 0 Å². The Balaban J connectivity index is 2.94. The minimum atomic E-state index is -2.30. The van der Waals surface area contributed by atoms with Crippen LogP contribution in [0.4, 0.5) is 4.39 Å². The van der Waals surface area contributed by atoms with Gasteiger partial charge in [0.2, 0.25) is 10.9 Å². The summed E-state index contributed by atoms with van der Waals surface area (Å²) in [6.07, 6.45) is 0.